The third kappa shape index (κ3) is 2.93. The molecule has 0 spiro atoms. The van der Waals surface area contributed by atoms with Crippen molar-refractivity contribution in [3.05, 3.63) is 54.1 Å². The highest BCUT2D eigenvalue weighted by Crippen LogP contribution is 2.27. The van der Waals surface area contributed by atoms with Gasteiger partial charge in [0.2, 0.25) is 0 Å². The monoisotopic (exact) mass is 248 g/mol. The molecule has 0 amide bonds. The highest BCUT2D eigenvalue weighted by atomic mass is 32.2. The number of rotatable bonds is 3. The molecule has 2 aromatic rings. The van der Waals surface area contributed by atoms with Crippen LogP contribution in [0.3, 0.4) is 0 Å². The second-order valence-electron chi connectivity index (χ2n) is 3.64. The van der Waals surface area contributed by atoms with Crippen molar-refractivity contribution in [3.63, 3.8) is 0 Å². The predicted molar refractivity (Wildman–Crippen MR) is 68.0 cm³/mol. The molecule has 0 heterocycles. The van der Waals surface area contributed by atoms with Crippen molar-refractivity contribution >= 4 is 11.4 Å². The fourth-order valence-electron chi connectivity index (χ4n) is 1.66. The van der Waals surface area contributed by atoms with Crippen molar-refractivity contribution in [2.24, 2.45) is 0 Å². The van der Waals surface area contributed by atoms with E-state index in [1.165, 1.54) is 0 Å². The van der Waals surface area contributed by atoms with Crippen LogP contribution in [0.2, 0.25) is 0 Å². The summed E-state index contributed by atoms with van der Waals surface area (Å²) in [5, 5.41) is 0. The Bertz CT molecular complexity index is 538. The van der Waals surface area contributed by atoms with E-state index < -0.39 is 11.4 Å². The van der Waals surface area contributed by atoms with Crippen LogP contribution in [0.1, 0.15) is 5.56 Å². The molecule has 0 aliphatic carbocycles. The van der Waals surface area contributed by atoms with Crippen molar-refractivity contribution in [1.82, 2.24) is 0 Å². The van der Waals surface area contributed by atoms with Gasteiger partial charge in [0.25, 0.3) is 0 Å². The standard InChI is InChI=1S/C13H12O3S/c1-10-7-8-12(16-17(14)15)9-13(10)11-5-3-2-4-6-11/h2-9H,1H3,(H,14,15). The topological polar surface area (TPSA) is 46.5 Å². The zero-order valence-electron chi connectivity index (χ0n) is 9.29. The van der Waals surface area contributed by atoms with Crippen molar-refractivity contribution in [3.8, 4) is 16.9 Å². The predicted octanol–water partition coefficient (Wildman–Crippen LogP) is 3.18. The van der Waals surface area contributed by atoms with Gasteiger partial charge in [0.15, 0.2) is 0 Å². The molecule has 1 atom stereocenters. The number of hydrogen-bond donors (Lipinski definition) is 1. The average molecular weight is 248 g/mol. The first-order valence-corrected chi connectivity index (χ1v) is 6.15. The third-order valence-corrected chi connectivity index (χ3v) is 2.80. The molecular weight excluding hydrogens is 236 g/mol. The first kappa shape index (κ1) is 11.8. The molecule has 0 fully saturated rings. The normalized spacial score (nSPS) is 12.1. The summed E-state index contributed by atoms with van der Waals surface area (Å²) >= 11 is -2.29. The van der Waals surface area contributed by atoms with Gasteiger partial charge in [-0.3, -0.25) is 4.55 Å². The molecule has 2 rings (SSSR count). The summed E-state index contributed by atoms with van der Waals surface area (Å²) in [4.78, 5) is 0. The molecule has 0 bridgehead atoms. The summed E-state index contributed by atoms with van der Waals surface area (Å²) in [6.45, 7) is 1.99. The van der Waals surface area contributed by atoms with E-state index in [2.05, 4.69) is 0 Å². The largest absolute Gasteiger partial charge is 0.380 e. The minimum absolute atomic E-state index is 0.385. The van der Waals surface area contributed by atoms with Crippen LogP contribution >= 0.6 is 0 Å². The van der Waals surface area contributed by atoms with E-state index in [9.17, 15) is 4.21 Å². The lowest BCUT2D eigenvalue weighted by Gasteiger charge is -2.08. The Labute approximate surface area is 103 Å². The second-order valence-corrected chi connectivity index (χ2v) is 4.24. The summed E-state index contributed by atoms with van der Waals surface area (Å²) in [7, 11) is 0. The highest BCUT2D eigenvalue weighted by Gasteiger charge is 2.05. The van der Waals surface area contributed by atoms with Gasteiger partial charge >= 0.3 is 11.4 Å². The molecule has 1 N–H and O–H groups in total. The van der Waals surface area contributed by atoms with Crippen LogP contribution in [0.25, 0.3) is 11.1 Å². The van der Waals surface area contributed by atoms with Crippen LogP contribution in [0, 0.1) is 6.92 Å². The summed E-state index contributed by atoms with van der Waals surface area (Å²) in [6.07, 6.45) is 0. The molecule has 4 heteroatoms. The van der Waals surface area contributed by atoms with E-state index in [-0.39, 0.29) is 0 Å². The van der Waals surface area contributed by atoms with Crippen LogP contribution in [-0.4, -0.2) is 8.76 Å². The fourth-order valence-corrected chi connectivity index (χ4v) is 1.93. The van der Waals surface area contributed by atoms with Gasteiger partial charge in [-0.15, -0.1) is 0 Å². The third-order valence-electron chi connectivity index (χ3n) is 2.46. The van der Waals surface area contributed by atoms with E-state index in [1.54, 1.807) is 12.1 Å². The first-order chi connectivity index (χ1) is 8.16. The zero-order valence-corrected chi connectivity index (χ0v) is 10.1. The smallest absolute Gasteiger partial charge is 0.357 e. The molecule has 0 aromatic heterocycles. The number of benzene rings is 2. The molecule has 1 unspecified atom stereocenters. The van der Waals surface area contributed by atoms with Gasteiger partial charge in [-0.1, -0.05) is 36.4 Å². The van der Waals surface area contributed by atoms with Gasteiger partial charge in [0.1, 0.15) is 5.75 Å². The van der Waals surface area contributed by atoms with Crippen LogP contribution in [0.5, 0.6) is 5.75 Å². The lowest BCUT2D eigenvalue weighted by atomic mass is 10.0. The van der Waals surface area contributed by atoms with Gasteiger partial charge < -0.3 is 4.18 Å². The SMILES string of the molecule is Cc1ccc(OS(=O)O)cc1-c1ccccc1. The molecule has 17 heavy (non-hydrogen) atoms. The van der Waals surface area contributed by atoms with Crippen molar-refractivity contribution in [1.29, 1.82) is 0 Å². The highest BCUT2D eigenvalue weighted by molar-refractivity contribution is 7.74. The maximum absolute atomic E-state index is 10.6. The molecule has 0 saturated carbocycles. The van der Waals surface area contributed by atoms with E-state index in [0.717, 1.165) is 16.7 Å². The maximum atomic E-state index is 10.6. The Morgan fingerprint density at radius 1 is 1.12 bits per heavy atom. The molecule has 0 aliphatic heterocycles. The van der Waals surface area contributed by atoms with Gasteiger partial charge in [-0.2, -0.15) is 4.21 Å². The molecule has 0 saturated heterocycles. The summed E-state index contributed by atoms with van der Waals surface area (Å²) < 4.78 is 24.0. The van der Waals surface area contributed by atoms with Crippen LogP contribution < -0.4 is 4.18 Å². The summed E-state index contributed by atoms with van der Waals surface area (Å²) in [6, 6.07) is 15.1. The number of hydrogen-bond acceptors (Lipinski definition) is 2. The molecule has 88 valence electrons. The lowest BCUT2D eigenvalue weighted by Crippen LogP contribution is -1.97. The Morgan fingerprint density at radius 3 is 2.47 bits per heavy atom. The second kappa shape index (κ2) is 5.12. The van der Waals surface area contributed by atoms with Crippen molar-refractivity contribution in [2.45, 2.75) is 6.92 Å². The molecule has 2 aromatic carbocycles. The van der Waals surface area contributed by atoms with E-state index in [4.69, 9.17) is 8.74 Å². The average Bonchev–Trinajstić information content (AvgIpc) is 2.32. The van der Waals surface area contributed by atoms with Crippen LogP contribution in [-0.2, 0) is 11.4 Å². The van der Waals surface area contributed by atoms with E-state index in [1.807, 2.05) is 43.3 Å². The molecule has 0 radical (unpaired) electrons. The quantitative estimate of drug-likeness (QED) is 0.848. The van der Waals surface area contributed by atoms with E-state index >= 15 is 0 Å². The van der Waals surface area contributed by atoms with Gasteiger partial charge in [-0.25, -0.2) is 0 Å². The van der Waals surface area contributed by atoms with Crippen LogP contribution in [0.15, 0.2) is 48.5 Å². The Hall–Kier alpha value is -1.65. The van der Waals surface area contributed by atoms with Gasteiger partial charge in [-0.05, 0) is 35.7 Å². The van der Waals surface area contributed by atoms with Crippen LogP contribution in [0.4, 0.5) is 0 Å². The summed E-state index contributed by atoms with van der Waals surface area (Å²) in [5.41, 5.74) is 3.14. The fraction of sp³-hybridized carbons (Fsp3) is 0.0769. The number of aryl methyl sites for hydroxylation is 1. The summed E-state index contributed by atoms with van der Waals surface area (Å²) in [5.74, 6) is 0.385. The first-order valence-electron chi connectivity index (χ1n) is 5.12. The lowest BCUT2D eigenvalue weighted by molar-refractivity contribution is 0.458. The van der Waals surface area contributed by atoms with Gasteiger partial charge in [0.05, 0.1) is 0 Å². The Morgan fingerprint density at radius 2 is 1.82 bits per heavy atom. The Kier molecular flexibility index (Phi) is 3.56. The minimum Gasteiger partial charge on any atom is -0.380 e. The van der Waals surface area contributed by atoms with Gasteiger partial charge in [0, 0.05) is 0 Å². The van der Waals surface area contributed by atoms with Crippen molar-refractivity contribution in [2.75, 3.05) is 0 Å². The zero-order chi connectivity index (χ0) is 12.3. The molecule has 0 aliphatic rings. The maximum Gasteiger partial charge on any atom is 0.357 e. The Balaban J connectivity index is 2.43. The van der Waals surface area contributed by atoms with E-state index in [0.29, 0.717) is 5.75 Å². The minimum atomic E-state index is -2.29. The molecule has 3 nitrogen and oxygen atoms in total. The van der Waals surface area contributed by atoms with Crippen molar-refractivity contribution < 1.29 is 12.9 Å². The molecular formula is C13H12O3S.